The highest BCUT2D eigenvalue weighted by Crippen LogP contribution is 2.21. The van der Waals surface area contributed by atoms with Crippen molar-refractivity contribution in [2.75, 3.05) is 19.7 Å². The molecule has 1 N–H and O–H groups in total. The number of hydrogen-bond acceptors (Lipinski definition) is 3. The summed E-state index contributed by atoms with van der Waals surface area (Å²) < 4.78 is 5.57. The molecule has 0 aliphatic carbocycles. The van der Waals surface area contributed by atoms with Gasteiger partial charge < -0.3 is 14.7 Å². The second-order valence-corrected chi connectivity index (χ2v) is 6.03. The van der Waals surface area contributed by atoms with Gasteiger partial charge in [-0.2, -0.15) is 0 Å². The molecule has 1 atom stereocenters. The molecule has 1 unspecified atom stereocenters. The van der Waals surface area contributed by atoms with Crippen molar-refractivity contribution in [3.05, 3.63) is 29.8 Å². The van der Waals surface area contributed by atoms with Crippen molar-refractivity contribution in [3.8, 4) is 5.75 Å². The van der Waals surface area contributed by atoms with E-state index in [1.165, 1.54) is 0 Å². The Morgan fingerprint density at radius 1 is 1.41 bits per heavy atom. The zero-order valence-electron chi connectivity index (χ0n) is 13.1. The zero-order chi connectivity index (χ0) is 16.1. The van der Waals surface area contributed by atoms with E-state index in [9.17, 15) is 9.59 Å². The predicted octanol–water partition coefficient (Wildman–Crippen LogP) is 2.51. The van der Waals surface area contributed by atoms with Gasteiger partial charge in [-0.05, 0) is 36.5 Å². The van der Waals surface area contributed by atoms with Crippen molar-refractivity contribution in [1.29, 1.82) is 0 Å². The molecule has 1 fully saturated rings. The first-order valence-electron chi connectivity index (χ1n) is 7.70. The molecule has 1 aliphatic rings. The topological polar surface area (TPSA) is 66.8 Å². The number of benzene rings is 1. The molecular weight excluding hydrogens is 282 g/mol. The summed E-state index contributed by atoms with van der Waals surface area (Å²) in [5.41, 5.74) is 1.16. The third-order valence-electron chi connectivity index (χ3n) is 4.01. The fraction of sp³-hybridized carbons (Fsp3) is 0.529. The van der Waals surface area contributed by atoms with Gasteiger partial charge in [0.05, 0.1) is 5.92 Å². The number of aliphatic carboxylic acids is 1. The molecule has 0 saturated carbocycles. The van der Waals surface area contributed by atoms with Gasteiger partial charge in [0.25, 0.3) is 5.91 Å². The van der Waals surface area contributed by atoms with Crippen LogP contribution >= 0.6 is 0 Å². The smallest absolute Gasteiger partial charge is 0.308 e. The molecule has 0 bridgehead atoms. The first kappa shape index (κ1) is 16.3. The standard InChI is InChI=1S/C17H23NO4/c1-12(2)13-5-3-7-15(9-13)22-11-16(19)18-8-4-6-14(10-18)17(20)21/h3,5,7,9,12,14H,4,6,8,10-11H2,1-2H3,(H,20,21). The molecule has 0 radical (unpaired) electrons. The van der Waals surface area contributed by atoms with Crippen LogP contribution in [0.25, 0.3) is 0 Å². The lowest BCUT2D eigenvalue weighted by molar-refractivity contribution is -0.146. The Kier molecular flexibility index (Phi) is 5.41. The summed E-state index contributed by atoms with van der Waals surface area (Å²) in [7, 11) is 0. The average Bonchev–Trinajstić information content (AvgIpc) is 2.53. The maximum absolute atomic E-state index is 12.2. The van der Waals surface area contributed by atoms with Crippen molar-refractivity contribution in [1.82, 2.24) is 4.90 Å². The Hall–Kier alpha value is -2.04. The molecule has 2 rings (SSSR count). The molecule has 0 spiro atoms. The van der Waals surface area contributed by atoms with Crippen molar-refractivity contribution in [2.24, 2.45) is 5.92 Å². The lowest BCUT2D eigenvalue weighted by Gasteiger charge is -2.30. The summed E-state index contributed by atoms with van der Waals surface area (Å²) >= 11 is 0. The van der Waals surface area contributed by atoms with Crippen LogP contribution in [0.2, 0.25) is 0 Å². The highest BCUT2D eigenvalue weighted by atomic mass is 16.5. The van der Waals surface area contributed by atoms with Crippen LogP contribution in [0.4, 0.5) is 0 Å². The van der Waals surface area contributed by atoms with Crippen LogP contribution in [0.5, 0.6) is 5.75 Å². The molecule has 22 heavy (non-hydrogen) atoms. The predicted molar refractivity (Wildman–Crippen MR) is 83.0 cm³/mol. The summed E-state index contributed by atoms with van der Waals surface area (Å²) in [5.74, 6) is -0.366. The second kappa shape index (κ2) is 7.29. The Morgan fingerprint density at radius 3 is 2.86 bits per heavy atom. The number of ether oxygens (including phenoxy) is 1. The number of likely N-dealkylation sites (tertiary alicyclic amines) is 1. The van der Waals surface area contributed by atoms with Crippen molar-refractivity contribution >= 4 is 11.9 Å². The van der Waals surface area contributed by atoms with Gasteiger partial charge >= 0.3 is 5.97 Å². The van der Waals surface area contributed by atoms with Crippen LogP contribution in [0, 0.1) is 5.92 Å². The van der Waals surface area contributed by atoms with Crippen molar-refractivity contribution in [3.63, 3.8) is 0 Å². The van der Waals surface area contributed by atoms with E-state index < -0.39 is 11.9 Å². The van der Waals surface area contributed by atoms with E-state index in [0.717, 1.165) is 12.0 Å². The lowest BCUT2D eigenvalue weighted by Crippen LogP contribution is -2.44. The van der Waals surface area contributed by atoms with Gasteiger partial charge in [-0.1, -0.05) is 26.0 Å². The van der Waals surface area contributed by atoms with Crippen LogP contribution in [0.1, 0.15) is 38.2 Å². The number of rotatable bonds is 5. The summed E-state index contributed by atoms with van der Waals surface area (Å²) in [6.07, 6.45) is 1.36. The quantitative estimate of drug-likeness (QED) is 0.907. The molecule has 0 aromatic heterocycles. The zero-order valence-corrected chi connectivity index (χ0v) is 13.1. The Bertz CT molecular complexity index is 541. The van der Waals surface area contributed by atoms with Crippen molar-refractivity contribution < 1.29 is 19.4 Å². The second-order valence-electron chi connectivity index (χ2n) is 6.03. The summed E-state index contributed by atoms with van der Waals surface area (Å²) in [5, 5.41) is 9.06. The number of piperidine rings is 1. The summed E-state index contributed by atoms with van der Waals surface area (Å²) in [6.45, 7) is 5.05. The number of nitrogens with zero attached hydrogens (tertiary/aromatic N) is 1. The molecule has 120 valence electrons. The molecule has 1 aromatic rings. The van der Waals surface area contributed by atoms with E-state index in [1.807, 2.05) is 24.3 Å². The van der Waals surface area contributed by atoms with Gasteiger partial charge in [0, 0.05) is 13.1 Å². The fourth-order valence-corrected chi connectivity index (χ4v) is 2.61. The Labute approximate surface area is 130 Å². The number of carbonyl (C=O) groups is 2. The summed E-state index contributed by atoms with van der Waals surface area (Å²) in [6, 6.07) is 7.71. The molecule has 1 aliphatic heterocycles. The van der Waals surface area contributed by atoms with E-state index in [1.54, 1.807) is 4.90 Å². The Balaban J connectivity index is 1.89. The maximum Gasteiger partial charge on any atom is 0.308 e. The number of carbonyl (C=O) groups excluding carboxylic acids is 1. The van der Waals surface area contributed by atoms with Gasteiger partial charge in [0.2, 0.25) is 0 Å². The summed E-state index contributed by atoms with van der Waals surface area (Å²) in [4.78, 5) is 24.8. The normalized spacial score (nSPS) is 18.3. The van der Waals surface area contributed by atoms with Gasteiger partial charge in [0.15, 0.2) is 6.61 Å². The minimum atomic E-state index is -0.831. The molecule has 1 amide bonds. The lowest BCUT2D eigenvalue weighted by atomic mass is 9.98. The fourth-order valence-electron chi connectivity index (χ4n) is 2.61. The van der Waals surface area contributed by atoms with Crippen molar-refractivity contribution in [2.45, 2.75) is 32.6 Å². The monoisotopic (exact) mass is 305 g/mol. The van der Waals surface area contributed by atoms with Gasteiger partial charge in [-0.3, -0.25) is 9.59 Å². The molecule has 1 heterocycles. The van der Waals surface area contributed by atoms with Gasteiger partial charge in [0.1, 0.15) is 5.75 Å². The van der Waals surface area contributed by atoms with Crippen LogP contribution in [0.3, 0.4) is 0 Å². The SMILES string of the molecule is CC(C)c1cccc(OCC(=O)N2CCCC(C(=O)O)C2)c1. The number of carboxylic acids is 1. The van der Waals surface area contributed by atoms with E-state index in [2.05, 4.69) is 13.8 Å². The Morgan fingerprint density at radius 2 is 2.18 bits per heavy atom. The van der Waals surface area contributed by atoms with E-state index in [-0.39, 0.29) is 19.1 Å². The number of carboxylic acid groups (broad SMARTS) is 1. The third-order valence-corrected chi connectivity index (χ3v) is 4.01. The molecule has 5 heteroatoms. The van der Waals surface area contributed by atoms with Crippen LogP contribution in [0.15, 0.2) is 24.3 Å². The minimum absolute atomic E-state index is 0.0477. The molecular formula is C17H23NO4. The van der Waals surface area contributed by atoms with Crippen LogP contribution in [-0.4, -0.2) is 41.6 Å². The van der Waals surface area contributed by atoms with Crippen LogP contribution in [-0.2, 0) is 9.59 Å². The molecule has 1 aromatic carbocycles. The third kappa shape index (κ3) is 4.23. The highest BCUT2D eigenvalue weighted by Gasteiger charge is 2.28. The van der Waals surface area contributed by atoms with E-state index >= 15 is 0 Å². The van der Waals surface area contributed by atoms with E-state index in [4.69, 9.17) is 9.84 Å². The average molecular weight is 305 g/mol. The van der Waals surface area contributed by atoms with Gasteiger partial charge in [-0.25, -0.2) is 0 Å². The largest absolute Gasteiger partial charge is 0.484 e. The number of amides is 1. The maximum atomic E-state index is 12.2. The molecule has 5 nitrogen and oxygen atoms in total. The first-order chi connectivity index (χ1) is 10.5. The number of hydrogen-bond donors (Lipinski definition) is 1. The molecule has 1 saturated heterocycles. The van der Waals surface area contributed by atoms with Gasteiger partial charge in [-0.15, -0.1) is 0 Å². The minimum Gasteiger partial charge on any atom is -0.484 e. The highest BCUT2D eigenvalue weighted by molar-refractivity contribution is 5.79. The van der Waals surface area contributed by atoms with Crippen LogP contribution < -0.4 is 4.74 Å². The first-order valence-corrected chi connectivity index (χ1v) is 7.70. The van der Waals surface area contributed by atoms with E-state index in [0.29, 0.717) is 24.6 Å².